The van der Waals surface area contributed by atoms with Crippen LogP contribution in [0.3, 0.4) is 0 Å². The highest BCUT2D eigenvalue weighted by molar-refractivity contribution is 6.61. The highest BCUT2D eigenvalue weighted by Crippen LogP contribution is 2.20. The molecular weight excluding hydrogens is 236 g/mol. The molecule has 0 saturated heterocycles. The van der Waals surface area contributed by atoms with Crippen molar-refractivity contribution in [3.05, 3.63) is 0 Å². The SMILES string of the molecule is CCO[Si](CCC[SiH](C)C)(OCC)OCC. The Morgan fingerprint density at radius 1 is 0.875 bits per heavy atom. The summed E-state index contributed by atoms with van der Waals surface area (Å²) in [6, 6.07) is 2.33. The predicted octanol–water partition coefficient (Wildman–Crippen LogP) is 2.91. The smallest absolute Gasteiger partial charge is 0.374 e. The van der Waals surface area contributed by atoms with E-state index in [0.29, 0.717) is 19.8 Å². The average Bonchev–Trinajstić information content (AvgIpc) is 2.18. The van der Waals surface area contributed by atoms with Crippen molar-refractivity contribution >= 4 is 17.6 Å². The van der Waals surface area contributed by atoms with E-state index in [0.717, 1.165) is 6.04 Å². The summed E-state index contributed by atoms with van der Waals surface area (Å²) < 4.78 is 17.4. The van der Waals surface area contributed by atoms with Crippen molar-refractivity contribution in [2.24, 2.45) is 0 Å². The maximum Gasteiger partial charge on any atom is 0.500 e. The van der Waals surface area contributed by atoms with Crippen LogP contribution >= 0.6 is 0 Å². The fourth-order valence-corrected chi connectivity index (χ4v) is 5.80. The Morgan fingerprint density at radius 2 is 1.31 bits per heavy atom. The van der Waals surface area contributed by atoms with E-state index in [1.165, 1.54) is 12.5 Å². The molecule has 0 amide bonds. The summed E-state index contributed by atoms with van der Waals surface area (Å²) in [5, 5.41) is 0. The Bertz CT molecular complexity index is 148. The molecule has 0 radical (unpaired) electrons. The van der Waals surface area contributed by atoms with Gasteiger partial charge in [-0.2, -0.15) is 0 Å². The van der Waals surface area contributed by atoms with E-state index in [9.17, 15) is 0 Å². The van der Waals surface area contributed by atoms with Crippen LogP contribution in [0.2, 0.25) is 25.2 Å². The highest BCUT2D eigenvalue weighted by Gasteiger charge is 2.39. The fraction of sp³-hybridized carbons (Fsp3) is 1.00. The second kappa shape index (κ2) is 9.35. The zero-order chi connectivity index (χ0) is 12.4. The number of rotatable bonds is 10. The van der Waals surface area contributed by atoms with Gasteiger partial charge in [0.25, 0.3) is 0 Å². The van der Waals surface area contributed by atoms with Gasteiger partial charge in [0.05, 0.1) is 0 Å². The van der Waals surface area contributed by atoms with Crippen LogP contribution in [0.4, 0.5) is 0 Å². The molecule has 0 aromatic rings. The molecule has 98 valence electrons. The summed E-state index contributed by atoms with van der Waals surface area (Å²) in [6.07, 6.45) is 1.19. The third kappa shape index (κ3) is 6.80. The van der Waals surface area contributed by atoms with Gasteiger partial charge in [0, 0.05) is 34.7 Å². The normalized spacial score (nSPS) is 12.4. The maximum absolute atomic E-state index is 5.80. The molecule has 0 atom stereocenters. The molecule has 0 heterocycles. The summed E-state index contributed by atoms with van der Waals surface area (Å²) in [7, 11) is -2.80. The molecule has 0 aromatic heterocycles. The maximum atomic E-state index is 5.80. The van der Waals surface area contributed by atoms with E-state index in [1.807, 2.05) is 20.8 Å². The first-order chi connectivity index (χ1) is 7.60. The molecule has 0 unspecified atom stereocenters. The Kier molecular flexibility index (Phi) is 9.54. The van der Waals surface area contributed by atoms with Gasteiger partial charge in [-0.3, -0.25) is 0 Å². The van der Waals surface area contributed by atoms with Crippen molar-refractivity contribution in [3.8, 4) is 0 Å². The summed E-state index contributed by atoms with van der Waals surface area (Å²) in [5.74, 6) is 0. The first kappa shape index (κ1) is 16.3. The van der Waals surface area contributed by atoms with Crippen LogP contribution in [-0.2, 0) is 13.3 Å². The summed E-state index contributed by atoms with van der Waals surface area (Å²) in [5.41, 5.74) is 0. The first-order valence-electron chi connectivity index (χ1n) is 6.52. The third-order valence-electron chi connectivity index (χ3n) is 2.36. The van der Waals surface area contributed by atoms with Crippen LogP contribution in [0.1, 0.15) is 27.2 Å². The van der Waals surface area contributed by atoms with Crippen LogP contribution in [0.5, 0.6) is 0 Å². The molecule has 0 bridgehead atoms. The molecule has 0 aromatic carbocycles. The van der Waals surface area contributed by atoms with Gasteiger partial charge in [0.15, 0.2) is 0 Å². The lowest BCUT2D eigenvalue weighted by Gasteiger charge is -2.28. The largest absolute Gasteiger partial charge is 0.500 e. The third-order valence-corrected chi connectivity index (χ3v) is 7.07. The minimum atomic E-state index is -2.34. The van der Waals surface area contributed by atoms with E-state index in [4.69, 9.17) is 13.3 Å². The van der Waals surface area contributed by atoms with E-state index in [1.54, 1.807) is 0 Å². The van der Waals surface area contributed by atoms with E-state index >= 15 is 0 Å². The van der Waals surface area contributed by atoms with Crippen molar-refractivity contribution in [1.82, 2.24) is 0 Å². The molecule has 3 nitrogen and oxygen atoms in total. The summed E-state index contributed by atoms with van der Waals surface area (Å²) in [4.78, 5) is 0. The quantitative estimate of drug-likeness (QED) is 0.568. The summed E-state index contributed by atoms with van der Waals surface area (Å²) >= 11 is 0. The number of hydrogen-bond donors (Lipinski definition) is 0. The van der Waals surface area contributed by atoms with Gasteiger partial charge in [0.1, 0.15) is 0 Å². The molecule has 5 heteroatoms. The molecule has 0 aliphatic heterocycles. The highest BCUT2D eigenvalue weighted by atomic mass is 28.4. The molecule has 0 rings (SSSR count). The van der Waals surface area contributed by atoms with Crippen molar-refractivity contribution in [2.75, 3.05) is 19.8 Å². The lowest BCUT2D eigenvalue weighted by atomic mass is 10.6. The van der Waals surface area contributed by atoms with Crippen molar-refractivity contribution in [1.29, 1.82) is 0 Å². The molecule has 0 aliphatic rings. The summed E-state index contributed by atoms with van der Waals surface area (Å²) in [6.45, 7) is 12.9. The van der Waals surface area contributed by atoms with Crippen LogP contribution in [-0.4, -0.2) is 37.4 Å². The molecule has 0 spiro atoms. The second-order valence-electron chi connectivity index (χ2n) is 4.27. The van der Waals surface area contributed by atoms with Gasteiger partial charge in [-0.1, -0.05) is 25.6 Å². The van der Waals surface area contributed by atoms with Crippen LogP contribution < -0.4 is 0 Å². The standard InChI is InChI=1S/C11H28O3Si2/c1-6-12-16(13-7-2,14-8-3)11-9-10-15(4)5/h15H,6-11H2,1-5H3. The van der Waals surface area contributed by atoms with E-state index < -0.39 is 17.6 Å². The van der Waals surface area contributed by atoms with Crippen molar-refractivity contribution in [2.45, 2.75) is 52.4 Å². The zero-order valence-electron chi connectivity index (χ0n) is 11.5. The molecular formula is C11H28O3Si2. The van der Waals surface area contributed by atoms with Gasteiger partial charge in [-0.05, 0) is 20.8 Å². The monoisotopic (exact) mass is 264 g/mol. The van der Waals surface area contributed by atoms with E-state index in [-0.39, 0.29) is 0 Å². The Hall–Kier alpha value is 0.314. The lowest BCUT2D eigenvalue weighted by molar-refractivity contribution is 0.0711. The van der Waals surface area contributed by atoms with Gasteiger partial charge in [-0.15, -0.1) is 0 Å². The minimum absolute atomic E-state index is 0.464. The molecule has 0 saturated carbocycles. The second-order valence-corrected chi connectivity index (χ2v) is 10.4. The topological polar surface area (TPSA) is 27.7 Å². The van der Waals surface area contributed by atoms with Crippen LogP contribution in [0, 0.1) is 0 Å². The average molecular weight is 265 g/mol. The Balaban J connectivity index is 4.23. The molecule has 16 heavy (non-hydrogen) atoms. The predicted molar refractivity (Wildman–Crippen MR) is 73.7 cm³/mol. The van der Waals surface area contributed by atoms with Crippen LogP contribution in [0.15, 0.2) is 0 Å². The van der Waals surface area contributed by atoms with Gasteiger partial charge >= 0.3 is 8.80 Å². The Labute approximate surface area is 103 Å². The van der Waals surface area contributed by atoms with Gasteiger partial charge in [-0.25, -0.2) is 0 Å². The first-order valence-corrected chi connectivity index (χ1v) is 11.6. The lowest BCUT2D eigenvalue weighted by Crippen LogP contribution is -2.46. The van der Waals surface area contributed by atoms with Crippen molar-refractivity contribution < 1.29 is 13.3 Å². The van der Waals surface area contributed by atoms with Crippen molar-refractivity contribution in [3.63, 3.8) is 0 Å². The van der Waals surface area contributed by atoms with Gasteiger partial charge in [0.2, 0.25) is 0 Å². The van der Waals surface area contributed by atoms with E-state index in [2.05, 4.69) is 13.1 Å². The Morgan fingerprint density at radius 3 is 1.62 bits per heavy atom. The molecule has 0 fully saturated rings. The molecule has 0 N–H and O–H groups in total. The van der Waals surface area contributed by atoms with Crippen LogP contribution in [0.25, 0.3) is 0 Å². The zero-order valence-corrected chi connectivity index (χ0v) is 13.7. The fourth-order valence-electron chi connectivity index (χ4n) is 1.73. The minimum Gasteiger partial charge on any atom is -0.374 e. The molecule has 0 aliphatic carbocycles. The van der Waals surface area contributed by atoms with Gasteiger partial charge < -0.3 is 13.3 Å². The number of hydrogen-bond acceptors (Lipinski definition) is 3.